The molecule has 176 valence electrons. The number of methoxy groups -OCH3 is 1. The summed E-state index contributed by atoms with van der Waals surface area (Å²) in [5.74, 6) is 0.164. The zero-order chi connectivity index (χ0) is 24.6. The van der Waals surface area contributed by atoms with E-state index in [-0.39, 0.29) is 12.2 Å². The molecule has 0 aliphatic carbocycles. The molecule has 9 heteroatoms. The first-order valence-electron chi connectivity index (χ1n) is 10.5. The highest BCUT2D eigenvalue weighted by Crippen LogP contribution is 2.35. The molecule has 0 radical (unpaired) electrons. The number of hydrogen-bond acceptors (Lipinski definition) is 6. The highest BCUT2D eigenvalue weighted by atomic mass is 79.9. The number of carbonyl (C=O) groups is 1. The van der Waals surface area contributed by atoms with Crippen LogP contribution in [0.3, 0.4) is 0 Å². The molecule has 34 heavy (non-hydrogen) atoms. The number of thiazole rings is 1. The van der Waals surface area contributed by atoms with Crippen LogP contribution in [0.15, 0.2) is 66.4 Å². The number of benzene rings is 2. The molecule has 1 aliphatic rings. The normalized spacial score (nSPS) is 15.7. The number of aromatic nitrogens is 1. The number of carbonyl (C=O) groups excluding carboxylic acids is 1. The third kappa shape index (κ3) is 4.56. The minimum absolute atomic E-state index is 0.216. The molecule has 2 aromatic carbocycles. The van der Waals surface area contributed by atoms with Gasteiger partial charge < -0.3 is 9.47 Å². The van der Waals surface area contributed by atoms with Crippen molar-refractivity contribution in [1.29, 1.82) is 0 Å². The van der Waals surface area contributed by atoms with E-state index in [1.54, 1.807) is 31.6 Å². The summed E-state index contributed by atoms with van der Waals surface area (Å²) in [6.07, 6.45) is 1.85. The smallest absolute Gasteiger partial charge is 0.338 e. The fraction of sp³-hybridized carbons (Fsp3) is 0.240. The predicted molar refractivity (Wildman–Crippen MR) is 140 cm³/mol. The lowest BCUT2D eigenvalue weighted by Gasteiger charge is -2.25. The number of allylic oxidation sites excluding steroid dienone is 1. The van der Waals surface area contributed by atoms with E-state index in [9.17, 15) is 9.59 Å². The van der Waals surface area contributed by atoms with Crippen LogP contribution in [0.2, 0.25) is 0 Å². The Morgan fingerprint density at radius 1 is 1.18 bits per heavy atom. The molecule has 0 unspecified atom stereocenters. The van der Waals surface area contributed by atoms with Crippen molar-refractivity contribution in [2.75, 3.05) is 13.7 Å². The van der Waals surface area contributed by atoms with E-state index in [2.05, 4.69) is 36.9 Å². The summed E-state index contributed by atoms with van der Waals surface area (Å²) in [5.41, 5.74) is 3.41. The first kappa shape index (κ1) is 24.6. The predicted octanol–water partition coefficient (Wildman–Crippen LogP) is 4.64. The summed E-state index contributed by atoms with van der Waals surface area (Å²) in [6.45, 7) is 5.75. The fourth-order valence-corrected chi connectivity index (χ4v) is 5.81. The number of esters is 1. The summed E-state index contributed by atoms with van der Waals surface area (Å²) in [5, 5.41) is 0. The Kier molecular flexibility index (Phi) is 7.25. The quantitative estimate of drug-likeness (QED) is 0.397. The second-order valence-corrected chi connectivity index (χ2v) is 10.4. The standard InChI is InChI=1S/C25H22Br2N2O4S/c1-5-33-24(31)21-14(3)28-25-29(22(21)16-8-9-19(32-4)18(27)12-16)23(30)20(34-25)11-15-7-6-13(2)17(26)10-15/h6-12,22H,5H2,1-4H3/b20-11+/t22-/m1/s1. The lowest BCUT2D eigenvalue weighted by Crippen LogP contribution is -2.39. The van der Waals surface area contributed by atoms with Crippen molar-refractivity contribution in [3.63, 3.8) is 0 Å². The first-order valence-corrected chi connectivity index (χ1v) is 12.9. The Labute approximate surface area is 217 Å². The number of rotatable bonds is 5. The molecule has 0 saturated carbocycles. The van der Waals surface area contributed by atoms with Gasteiger partial charge in [-0.15, -0.1) is 0 Å². The molecular formula is C25H22Br2N2O4S. The van der Waals surface area contributed by atoms with E-state index in [0.29, 0.717) is 26.4 Å². The molecule has 0 spiro atoms. The maximum atomic E-state index is 13.7. The van der Waals surface area contributed by atoms with Crippen molar-refractivity contribution in [1.82, 2.24) is 4.57 Å². The Morgan fingerprint density at radius 3 is 2.59 bits per heavy atom. The lowest BCUT2D eigenvalue weighted by molar-refractivity contribution is -0.139. The Hall–Kier alpha value is -2.49. The summed E-state index contributed by atoms with van der Waals surface area (Å²) in [6, 6.07) is 10.8. The van der Waals surface area contributed by atoms with Crippen molar-refractivity contribution < 1.29 is 14.3 Å². The van der Waals surface area contributed by atoms with Crippen LogP contribution in [0.4, 0.5) is 0 Å². The number of halogens is 2. The molecule has 1 atom stereocenters. The molecule has 0 saturated heterocycles. The van der Waals surface area contributed by atoms with Gasteiger partial charge in [0.15, 0.2) is 4.80 Å². The summed E-state index contributed by atoms with van der Waals surface area (Å²) in [7, 11) is 1.58. The first-order chi connectivity index (χ1) is 16.2. The highest BCUT2D eigenvalue weighted by Gasteiger charge is 2.33. The van der Waals surface area contributed by atoms with Gasteiger partial charge in [-0.2, -0.15) is 0 Å². The molecule has 3 aromatic rings. The van der Waals surface area contributed by atoms with E-state index in [1.165, 1.54) is 11.3 Å². The van der Waals surface area contributed by atoms with E-state index >= 15 is 0 Å². The van der Waals surface area contributed by atoms with Crippen molar-refractivity contribution in [3.8, 4) is 5.75 Å². The van der Waals surface area contributed by atoms with Crippen LogP contribution < -0.4 is 19.6 Å². The maximum absolute atomic E-state index is 13.7. The van der Waals surface area contributed by atoms with Crippen LogP contribution in [0, 0.1) is 6.92 Å². The van der Waals surface area contributed by atoms with Gasteiger partial charge in [0, 0.05) is 4.47 Å². The van der Waals surface area contributed by atoms with Gasteiger partial charge in [-0.05, 0) is 77.7 Å². The number of fused-ring (bicyclic) bond motifs is 1. The molecule has 0 N–H and O–H groups in total. The second-order valence-electron chi connectivity index (χ2n) is 7.70. The minimum atomic E-state index is -0.676. The third-order valence-corrected chi connectivity index (χ3v) is 7.96. The molecule has 0 fully saturated rings. The van der Waals surface area contributed by atoms with Gasteiger partial charge in [0.05, 0.1) is 40.0 Å². The van der Waals surface area contributed by atoms with Crippen LogP contribution in [-0.2, 0) is 9.53 Å². The Balaban J connectivity index is 1.96. The van der Waals surface area contributed by atoms with Gasteiger partial charge in [-0.1, -0.05) is 45.5 Å². The van der Waals surface area contributed by atoms with E-state index in [4.69, 9.17) is 9.47 Å². The zero-order valence-electron chi connectivity index (χ0n) is 19.0. The van der Waals surface area contributed by atoms with Gasteiger partial charge in [0.25, 0.3) is 5.56 Å². The van der Waals surface area contributed by atoms with Crippen LogP contribution in [0.5, 0.6) is 5.75 Å². The average Bonchev–Trinajstić information content (AvgIpc) is 3.09. The number of aryl methyl sites for hydroxylation is 1. The molecular weight excluding hydrogens is 584 g/mol. The molecule has 1 aliphatic heterocycles. The van der Waals surface area contributed by atoms with E-state index in [0.717, 1.165) is 25.6 Å². The number of ether oxygens (including phenoxy) is 2. The third-order valence-electron chi connectivity index (χ3n) is 5.50. The second kappa shape index (κ2) is 10.0. The van der Waals surface area contributed by atoms with Crippen molar-refractivity contribution in [2.24, 2.45) is 4.99 Å². The molecule has 0 bridgehead atoms. The van der Waals surface area contributed by atoms with Gasteiger partial charge in [0.1, 0.15) is 5.75 Å². The van der Waals surface area contributed by atoms with Crippen molar-refractivity contribution in [3.05, 3.63) is 93.0 Å². The van der Waals surface area contributed by atoms with Crippen LogP contribution in [0.1, 0.15) is 36.6 Å². The minimum Gasteiger partial charge on any atom is -0.496 e. The van der Waals surface area contributed by atoms with Gasteiger partial charge >= 0.3 is 5.97 Å². The number of nitrogens with zero attached hydrogens (tertiary/aromatic N) is 2. The zero-order valence-corrected chi connectivity index (χ0v) is 23.0. The van der Waals surface area contributed by atoms with E-state index in [1.807, 2.05) is 43.3 Å². The number of hydrogen-bond donors (Lipinski definition) is 0. The SMILES string of the molecule is CCOC(=O)C1=C(C)N=c2s/c(=C/c3ccc(C)c(Br)c3)c(=O)n2[C@@H]1c1ccc(OC)c(Br)c1. The monoisotopic (exact) mass is 604 g/mol. The average molecular weight is 606 g/mol. The summed E-state index contributed by atoms with van der Waals surface area (Å²) >= 11 is 8.37. The van der Waals surface area contributed by atoms with Gasteiger partial charge in [0.2, 0.25) is 0 Å². The van der Waals surface area contributed by atoms with Crippen LogP contribution in [0.25, 0.3) is 6.08 Å². The maximum Gasteiger partial charge on any atom is 0.338 e. The summed E-state index contributed by atoms with van der Waals surface area (Å²) < 4.78 is 14.5. The van der Waals surface area contributed by atoms with Crippen LogP contribution in [-0.4, -0.2) is 24.3 Å². The van der Waals surface area contributed by atoms with Crippen molar-refractivity contribution in [2.45, 2.75) is 26.8 Å². The molecule has 6 nitrogen and oxygen atoms in total. The molecule has 0 amide bonds. The topological polar surface area (TPSA) is 69.9 Å². The van der Waals surface area contributed by atoms with Crippen molar-refractivity contribution >= 4 is 55.2 Å². The van der Waals surface area contributed by atoms with Gasteiger partial charge in [-0.3, -0.25) is 9.36 Å². The molecule has 1 aromatic heterocycles. The molecule has 4 rings (SSSR count). The van der Waals surface area contributed by atoms with Gasteiger partial charge in [-0.25, -0.2) is 9.79 Å². The summed E-state index contributed by atoms with van der Waals surface area (Å²) in [4.78, 5) is 31.8. The lowest BCUT2D eigenvalue weighted by atomic mass is 9.96. The largest absolute Gasteiger partial charge is 0.496 e. The Bertz CT molecular complexity index is 1500. The Morgan fingerprint density at radius 2 is 1.94 bits per heavy atom. The molecule has 2 heterocycles. The van der Waals surface area contributed by atoms with Crippen LogP contribution >= 0.6 is 43.2 Å². The highest BCUT2D eigenvalue weighted by molar-refractivity contribution is 9.10. The van der Waals surface area contributed by atoms with E-state index < -0.39 is 12.0 Å². The fourth-order valence-electron chi connectivity index (χ4n) is 3.81.